The summed E-state index contributed by atoms with van der Waals surface area (Å²) in [6.45, 7) is 2.19. The van der Waals surface area contributed by atoms with Crippen molar-refractivity contribution in [2.24, 2.45) is 0 Å². The Morgan fingerprint density at radius 2 is 1.28 bits per heavy atom. The molecule has 2 heteroatoms. The van der Waals surface area contributed by atoms with Crippen LogP contribution in [-0.4, -0.2) is 4.57 Å². The smallest absolute Gasteiger partial charge is 0.0924 e. The first-order chi connectivity index (χ1) is 14.3. The maximum Gasteiger partial charge on any atom is 0.0924 e. The molecule has 0 spiro atoms. The van der Waals surface area contributed by atoms with Gasteiger partial charge in [0.1, 0.15) is 0 Å². The summed E-state index contributed by atoms with van der Waals surface area (Å²) >= 11 is 1.82. The van der Waals surface area contributed by atoms with E-state index in [1.54, 1.807) is 0 Å². The molecule has 0 aliphatic rings. The van der Waals surface area contributed by atoms with E-state index in [9.17, 15) is 0 Å². The molecule has 1 aromatic heterocycles. The second-order valence-electron chi connectivity index (χ2n) is 7.12. The highest BCUT2D eigenvalue weighted by Gasteiger charge is 2.18. The predicted molar refractivity (Wildman–Crippen MR) is 124 cm³/mol. The third-order valence-corrected chi connectivity index (χ3v) is 6.30. The van der Waals surface area contributed by atoms with Crippen molar-refractivity contribution in [1.82, 2.24) is 4.57 Å². The number of fused-ring (bicyclic) bond motifs is 1. The van der Waals surface area contributed by atoms with E-state index >= 15 is 0 Å². The van der Waals surface area contributed by atoms with Gasteiger partial charge in [-0.25, -0.2) is 0 Å². The second kappa shape index (κ2) is 7.65. The first-order valence-electron chi connectivity index (χ1n) is 9.80. The average molecular weight is 392 g/mol. The number of aromatic nitrogens is 1. The molecule has 0 radical (unpaired) electrons. The Balaban J connectivity index is 1.77. The van der Waals surface area contributed by atoms with Crippen LogP contribution in [0.25, 0.3) is 27.6 Å². The topological polar surface area (TPSA) is 4.93 Å². The SMILES string of the molecule is Cc1cc(-c2cccc3ccccc23)c(Sc2ccccc2)n1-c1ccccc1. The van der Waals surface area contributed by atoms with Crippen LogP contribution in [0, 0.1) is 6.92 Å². The molecule has 0 saturated heterocycles. The molecular formula is C27H21NS. The van der Waals surface area contributed by atoms with Gasteiger partial charge in [-0.15, -0.1) is 0 Å². The molecule has 0 bridgehead atoms. The van der Waals surface area contributed by atoms with Crippen molar-refractivity contribution in [1.29, 1.82) is 0 Å². The van der Waals surface area contributed by atoms with E-state index in [0.717, 1.165) is 0 Å². The van der Waals surface area contributed by atoms with Crippen LogP contribution >= 0.6 is 11.8 Å². The molecule has 5 aromatic rings. The minimum absolute atomic E-state index is 1.19. The Hall–Kier alpha value is -3.23. The molecular weight excluding hydrogens is 370 g/mol. The lowest BCUT2D eigenvalue weighted by molar-refractivity contribution is 0.915. The summed E-state index contributed by atoms with van der Waals surface area (Å²) in [6.07, 6.45) is 0. The third-order valence-electron chi connectivity index (χ3n) is 5.19. The molecule has 0 unspecified atom stereocenters. The van der Waals surface area contributed by atoms with Crippen molar-refractivity contribution in [3.05, 3.63) is 115 Å². The van der Waals surface area contributed by atoms with Crippen molar-refractivity contribution >= 4 is 22.5 Å². The summed E-state index contributed by atoms with van der Waals surface area (Å²) in [4.78, 5) is 1.24. The standard InChI is InChI=1S/C27H21NS/c1-20-19-26(25-18-10-12-21-11-8-9-17-24(21)25)27(29-23-15-6-3-7-16-23)28(20)22-13-4-2-5-14-22/h2-19H,1H3. The first-order valence-corrected chi connectivity index (χ1v) is 10.6. The zero-order valence-corrected chi connectivity index (χ0v) is 17.1. The number of hydrogen-bond acceptors (Lipinski definition) is 1. The van der Waals surface area contributed by atoms with E-state index in [2.05, 4.69) is 121 Å². The molecule has 5 rings (SSSR count). The van der Waals surface area contributed by atoms with Crippen LogP contribution in [0.15, 0.2) is 119 Å². The van der Waals surface area contributed by atoms with Gasteiger partial charge in [-0.3, -0.25) is 0 Å². The molecule has 1 heterocycles. The van der Waals surface area contributed by atoms with Gasteiger partial charge in [-0.2, -0.15) is 0 Å². The fourth-order valence-corrected chi connectivity index (χ4v) is 5.00. The van der Waals surface area contributed by atoms with Gasteiger partial charge in [0.15, 0.2) is 0 Å². The molecule has 1 nitrogen and oxygen atoms in total. The van der Waals surface area contributed by atoms with Gasteiger partial charge < -0.3 is 4.57 Å². The molecule has 0 N–H and O–H groups in total. The number of benzene rings is 4. The molecule has 140 valence electrons. The van der Waals surface area contributed by atoms with Crippen LogP contribution < -0.4 is 0 Å². The fraction of sp³-hybridized carbons (Fsp3) is 0.0370. The van der Waals surface area contributed by atoms with Crippen molar-refractivity contribution in [2.75, 3.05) is 0 Å². The molecule has 0 atom stereocenters. The predicted octanol–water partition coefficient (Wildman–Crippen LogP) is 7.76. The van der Waals surface area contributed by atoms with Crippen LogP contribution in [0.5, 0.6) is 0 Å². The fourth-order valence-electron chi connectivity index (χ4n) is 3.87. The maximum absolute atomic E-state index is 2.37. The summed E-state index contributed by atoms with van der Waals surface area (Å²) in [5.41, 5.74) is 4.98. The largest absolute Gasteiger partial charge is 0.308 e. The number of para-hydroxylation sites is 1. The van der Waals surface area contributed by atoms with E-state index < -0.39 is 0 Å². The molecule has 0 aliphatic carbocycles. The van der Waals surface area contributed by atoms with Gasteiger partial charge in [-0.05, 0) is 53.6 Å². The van der Waals surface area contributed by atoms with Crippen molar-refractivity contribution in [3.63, 3.8) is 0 Å². The quantitative estimate of drug-likeness (QED) is 0.303. The highest BCUT2D eigenvalue weighted by molar-refractivity contribution is 7.99. The van der Waals surface area contributed by atoms with Gasteiger partial charge in [0.25, 0.3) is 0 Å². The summed E-state index contributed by atoms with van der Waals surface area (Å²) in [5.74, 6) is 0. The van der Waals surface area contributed by atoms with Gasteiger partial charge in [0, 0.05) is 21.8 Å². The van der Waals surface area contributed by atoms with Crippen molar-refractivity contribution in [2.45, 2.75) is 16.8 Å². The average Bonchev–Trinajstić information content (AvgIpc) is 3.10. The van der Waals surface area contributed by atoms with Gasteiger partial charge in [0.2, 0.25) is 0 Å². The lowest BCUT2D eigenvalue weighted by Gasteiger charge is -2.14. The minimum Gasteiger partial charge on any atom is -0.308 e. The van der Waals surface area contributed by atoms with Crippen LogP contribution in [-0.2, 0) is 0 Å². The Morgan fingerprint density at radius 1 is 0.621 bits per heavy atom. The monoisotopic (exact) mass is 391 g/mol. The molecule has 0 aliphatic heterocycles. The third kappa shape index (κ3) is 3.37. The highest BCUT2D eigenvalue weighted by Crippen LogP contribution is 2.42. The highest BCUT2D eigenvalue weighted by atomic mass is 32.2. The van der Waals surface area contributed by atoms with Gasteiger partial charge >= 0.3 is 0 Å². The summed E-state index contributed by atoms with van der Waals surface area (Å²) in [7, 11) is 0. The van der Waals surface area contributed by atoms with E-state index in [-0.39, 0.29) is 0 Å². The minimum atomic E-state index is 1.19. The maximum atomic E-state index is 2.37. The van der Waals surface area contributed by atoms with E-state index in [1.807, 2.05) is 11.8 Å². The molecule has 29 heavy (non-hydrogen) atoms. The summed E-state index contributed by atoms with van der Waals surface area (Å²) in [6, 6.07) is 38.8. The van der Waals surface area contributed by atoms with E-state index in [1.165, 1.54) is 43.2 Å². The van der Waals surface area contributed by atoms with Crippen molar-refractivity contribution in [3.8, 4) is 16.8 Å². The number of hydrogen-bond donors (Lipinski definition) is 0. The normalized spacial score (nSPS) is 11.1. The Morgan fingerprint density at radius 3 is 2.07 bits per heavy atom. The Labute approximate surface area is 175 Å². The number of rotatable bonds is 4. The Kier molecular flexibility index (Phi) is 4.71. The molecule has 4 aromatic carbocycles. The molecule has 0 amide bonds. The lowest BCUT2D eigenvalue weighted by Crippen LogP contribution is -1.98. The summed E-state index contributed by atoms with van der Waals surface area (Å²) in [5, 5.41) is 3.80. The van der Waals surface area contributed by atoms with Crippen molar-refractivity contribution < 1.29 is 0 Å². The second-order valence-corrected chi connectivity index (χ2v) is 8.18. The molecule has 0 fully saturated rings. The molecule has 0 saturated carbocycles. The number of nitrogens with zero attached hydrogens (tertiary/aromatic N) is 1. The van der Waals surface area contributed by atoms with Crippen LogP contribution in [0.1, 0.15) is 5.69 Å². The van der Waals surface area contributed by atoms with Crippen LogP contribution in [0.2, 0.25) is 0 Å². The van der Waals surface area contributed by atoms with Crippen LogP contribution in [0.3, 0.4) is 0 Å². The zero-order chi connectivity index (χ0) is 19.6. The van der Waals surface area contributed by atoms with Gasteiger partial charge in [0.05, 0.1) is 5.03 Å². The van der Waals surface area contributed by atoms with Gasteiger partial charge in [-0.1, -0.05) is 90.6 Å². The lowest BCUT2D eigenvalue weighted by atomic mass is 10.0. The zero-order valence-electron chi connectivity index (χ0n) is 16.2. The first kappa shape index (κ1) is 17.8. The summed E-state index contributed by atoms with van der Waals surface area (Å²) < 4.78 is 2.37. The number of aryl methyl sites for hydroxylation is 1. The van der Waals surface area contributed by atoms with E-state index in [4.69, 9.17) is 0 Å². The Bertz CT molecular complexity index is 1260. The van der Waals surface area contributed by atoms with E-state index in [0.29, 0.717) is 0 Å². The van der Waals surface area contributed by atoms with Crippen LogP contribution in [0.4, 0.5) is 0 Å².